The number of aromatic nitrogens is 1. The minimum absolute atomic E-state index is 0.00533. The summed E-state index contributed by atoms with van der Waals surface area (Å²) in [6, 6.07) is 12.3. The van der Waals surface area contributed by atoms with Gasteiger partial charge in [-0.25, -0.2) is 0 Å². The van der Waals surface area contributed by atoms with E-state index in [9.17, 15) is 10.1 Å². The fraction of sp³-hybridized carbons (Fsp3) is 0.300. The Morgan fingerprint density at radius 1 is 1.21 bits per heavy atom. The van der Waals surface area contributed by atoms with Gasteiger partial charge < -0.3 is 9.88 Å². The molecule has 0 saturated carbocycles. The van der Waals surface area contributed by atoms with E-state index in [-0.39, 0.29) is 17.5 Å². The van der Waals surface area contributed by atoms with Crippen molar-refractivity contribution in [2.45, 2.75) is 40.7 Å². The van der Waals surface area contributed by atoms with Crippen LogP contribution >= 0.6 is 0 Å². The third-order valence-electron chi connectivity index (χ3n) is 3.85. The summed E-state index contributed by atoms with van der Waals surface area (Å²) in [5.41, 5.74) is 5.33. The normalized spacial score (nSPS) is 11.5. The molecule has 24 heavy (non-hydrogen) atoms. The van der Waals surface area contributed by atoms with Crippen LogP contribution in [-0.2, 0) is 4.79 Å². The molecule has 4 heteroatoms. The summed E-state index contributed by atoms with van der Waals surface area (Å²) in [4.78, 5) is 12.1. The van der Waals surface area contributed by atoms with Gasteiger partial charge in [-0.2, -0.15) is 5.26 Å². The van der Waals surface area contributed by atoms with Crippen LogP contribution < -0.4 is 5.32 Å². The molecular weight excluding hydrogens is 298 g/mol. The molecule has 2 aromatic rings. The van der Waals surface area contributed by atoms with Crippen molar-refractivity contribution in [3.8, 4) is 11.8 Å². The first kappa shape index (κ1) is 17.6. The minimum Gasteiger partial charge on any atom is -0.349 e. The summed E-state index contributed by atoms with van der Waals surface area (Å²) in [6.45, 7) is 9.81. The lowest BCUT2D eigenvalue weighted by Crippen LogP contribution is -2.30. The minimum atomic E-state index is -0.340. The van der Waals surface area contributed by atoms with E-state index in [1.165, 1.54) is 5.56 Å². The van der Waals surface area contributed by atoms with E-state index in [1.807, 2.05) is 39.8 Å². The SMILES string of the molecule is Cc1ccc(-n2c(C)cc(/C=C(\C#N)C(=O)NC(C)C)c2C)cc1. The molecular formula is C20H23N3O. The molecule has 1 heterocycles. The van der Waals surface area contributed by atoms with Gasteiger partial charge in [0.2, 0.25) is 0 Å². The van der Waals surface area contributed by atoms with E-state index in [0.29, 0.717) is 0 Å². The standard InChI is InChI=1S/C20H23N3O/c1-13(2)22-20(24)18(12-21)11-17-10-15(4)23(16(17)5)19-8-6-14(3)7-9-19/h6-11,13H,1-5H3,(H,22,24)/b18-11+. The van der Waals surface area contributed by atoms with E-state index in [2.05, 4.69) is 41.1 Å². The lowest BCUT2D eigenvalue weighted by Gasteiger charge is -2.10. The third kappa shape index (κ3) is 3.75. The summed E-state index contributed by atoms with van der Waals surface area (Å²) in [7, 11) is 0. The van der Waals surface area contributed by atoms with Crippen LogP contribution in [-0.4, -0.2) is 16.5 Å². The van der Waals surface area contributed by atoms with Crippen LogP contribution in [0.4, 0.5) is 0 Å². The molecule has 2 rings (SSSR count). The number of benzene rings is 1. The van der Waals surface area contributed by atoms with Crippen LogP contribution in [0.3, 0.4) is 0 Å². The molecule has 124 valence electrons. The number of nitrogens with one attached hydrogen (secondary N) is 1. The molecule has 1 aromatic heterocycles. The molecule has 0 aliphatic carbocycles. The quantitative estimate of drug-likeness (QED) is 0.687. The van der Waals surface area contributed by atoms with E-state index < -0.39 is 0 Å². The van der Waals surface area contributed by atoms with Crippen molar-refractivity contribution in [1.82, 2.24) is 9.88 Å². The maximum absolute atomic E-state index is 12.1. The zero-order chi connectivity index (χ0) is 17.9. The van der Waals surface area contributed by atoms with Crippen molar-refractivity contribution < 1.29 is 4.79 Å². The van der Waals surface area contributed by atoms with Crippen molar-refractivity contribution in [3.63, 3.8) is 0 Å². The second-order valence-electron chi connectivity index (χ2n) is 6.30. The topological polar surface area (TPSA) is 57.8 Å². The molecule has 0 unspecified atom stereocenters. The van der Waals surface area contributed by atoms with Crippen LogP contribution in [0.25, 0.3) is 11.8 Å². The first-order valence-corrected chi connectivity index (χ1v) is 8.02. The van der Waals surface area contributed by atoms with Crippen molar-refractivity contribution in [2.24, 2.45) is 0 Å². The molecule has 1 amide bonds. The lowest BCUT2D eigenvalue weighted by atomic mass is 10.1. The number of aryl methyl sites for hydroxylation is 2. The predicted molar refractivity (Wildman–Crippen MR) is 96.8 cm³/mol. The van der Waals surface area contributed by atoms with Gasteiger partial charge in [0.25, 0.3) is 5.91 Å². The largest absolute Gasteiger partial charge is 0.349 e. The monoisotopic (exact) mass is 321 g/mol. The zero-order valence-corrected chi connectivity index (χ0v) is 14.8. The Balaban J connectivity index is 2.44. The second kappa shape index (κ2) is 7.18. The average Bonchev–Trinajstić information content (AvgIpc) is 2.79. The maximum atomic E-state index is 12.1. The van der Waals surface area contributed by atoms with Gasteiger partial charge in [0.15, 0.2) is 0 Å². The summed E-state index contributed by atoms with van der Waals surface area (Å²) in [6.07, 6.45) is 1.66. The number of hydrogen-bond donors (Lipinski definition) is 1. The van der Waals surface area contributed by atoms with Crippen molar-refractivity contribution in [3.05, 3.63) is 58.4 Å². The number of amides is 1. The highest BCUT2D eigenvalue weighted by Crippen LogP contribution is 2.23. The number of carbonyl (C=O) groups is 1. The first-order valence-electron chi connectivity index (χ1n) is 8.02. The zero-order valence-electron chi connectivity index (χ0n) is 14.8. The van der Waals surface area contributed by atoms with Gasteiger partial charge in [-0.1, -0.05) is 17.7 Å². The van der Waals surface area contributed by atoms with Crippen LogP contribution in [0.2, 0.25) is 0 Å². The molecule has 0 bridgehead atoms. The van der Waals surface area contributed by atoms with Crippen LogP contribution in [0.15, 0.2) is 35.9 Å². The van der Waals surface area contributed by atoms with Gasteiger partial charge in [0.05, 0.1) is 0 Å². The van der Waals surface area contributed by atoms with Gasteiger partial charge in [-0.3, -0.25) is 4.79 Å². The Bertz CT molecular complexity index is 818. The van der Waals surface area contributed by atoms with Crippen molar-refractivity contribution in [2.75, 3.05) is 0 Å². The molecule has 0 atom stereocenters. The third-order valence-corrected chi connectivity index (χ3v) is 3.85. The number of rotatable bonds is 4. The Kier molecular flexibility index (Phi) is 5.25. The molecule has 4 nitrogen and oxygen atoms in total. The number of nitriles is 1. The molecule has 1 N–H and O–H groups in total. The fourth-order valence-electron chi connectivity index (χ4n) is 2.67. The Morgan fingerprint density at radius 3 is 2.38 bits per heavy atom. The molecule has 0 spiro atoms. The molecule has 0 aliphatic rings. The number of hydrogen-bond acceptors (Lipinski definition) is 2. The Morgan fingerprint density at radius 2 is 1.83 bits per heavy atom. The summed E-state index contributed by atoms with van der Waals surface area (Å²) >= 11 is 0. The van der Waals surface area contributed by atoms with Crippen molar-refractivity contribution >= 4 is 12.0 Å². The lowest BCUT2D eigenvalue weighted by molar-refractivity contribution is -0.117. The Labute approximate surface area is 143 Å². The van der Waals surface area contributed by atoms with Gasteiger partial charge in [-0.05, 0) is 64.5 Å². The van der Waals surface area contributed by atoms with Gasteiger partial charge in [-0.15, -0.1) is 0 Å². The van der Waals surface area contributed by atoms with Gasteiger partial charge >= 0.3 is 0 Å². The highest BCUT2D eigenvalue weighted by molar-refractivity contribution is 6.02. The van der Waals surface area contributed by atoms with E-state index in [4.69, 9.17) is 0 Å². The van der Waals surface area contributed by atoms with E-state index in [1.54, 1.807) is 6.08 Å². The highest BCUT2D eigenvalue weighted by atomic mass is 16.1. The van der Waals surface area contributed by atoms with Crippen LogP contribution in [0.1, 0.15) is 36.4 Å². The smallest absolute Gasteiger partial charge is 0.262 e. The molecule has 0 saturated heterocycles. The molecule has 0 fully saturated rings. The highest BCUT2D eigenvalue weighted by Gasteiger charge is 2.14. The van der Waals surface area contributed by atoms with E-state index in [0.717, 1.165) is 22.6 Å². The second-order valence-corrected chi connectivity index (χ2v) is 6.30. The number of carbonyl (C=O) groups excluding carboxylic acids is 1. The van der Waals surface area contributed by atoms with E-state index >= 15 is 0 Å². The predicted octanol–water partition coefficient (Wildman–Crippen LogP) is 3.83. The summed E-state index contributed by atoms with van der Waals surface area (Å²) in [5.74, 6) is -0.340. The fourth-order valence-corrected chi connectivity index (χ4v) is 2.67. The molecule has 0 radical (unpaired) electrons. The number of nitrogens with zero attached hydrogens (tertiary/aromatic N) is 2. The maximum Gasteiger partial charge on any atom is 0.262 e. The Hall–Kier alpha value is -2.80. The summed E-state index contributed by atoms with van der Waals surface area (Å²) in [5, 5.41) is 12.1. The first-order chi connectivity index (χ1) is 11.3. The van der Waals surface area contributed by atoms with Gasteiger partial charge in [0.1, 0.15) is 11.6 Å². The summed E-state index contributed by atoms with van der Waals surface area (Å²) < 4.78 is 2.13. The van der Waals surface area contributed by atoms with Crippen molar-refractivity contribution in [1.29, 1.82) is 5.26 Å². The molecule has 1 aromatic carbocycles. The van der Waals surface area contributed by atoms with Crippen LogP contribution in [0.5, 0.6) is 0 Å². The average molecular weight is 321 g/mol. The van der Waals surface area contributed by atoms with Crippen LogP contribution in [0, 0.1) is 32.1 Å². The van der Waals surface area contributed by atoms with Gasteiger partial charge in [0, 0.05) is 23.1 Å². The molecule has 0 aliphatic heterocycles.